The van der Waals surface area contributed by atoms with E-state index in [1.165, 1.54) is 0 Å². The van der Waals surface area contributed by atoms with Crippen LogP contribution in [0.4, 0.5) is 0 Å². The fourth-order valence-corrected chi connectivity index (χ4v) is 1.77. The minimum absolute atomic E-state index is 0.690. The molecule has 0 unspecified atom stereocenters. The molecule has 0 fully saturated rings. The summed E-state index contributed by atoms with van der Waals surface area (Å²) in [5.41, 5.74) is 0. The maximum atomic E-state index is 9.70. The van der Waals surface area contributed by atoms with Crippen LogP contribution < -0.4 is 0 Å². The molecule has 0 saturated heterocycles. The molecule has 1 N–H and O–H groups in total. The van der Waals surface area contributed by atoms with Crippen LogP contribution in [-0.4, -0.2) is 42.5 Å². The van der Waals surface area contributed by atoms with E-state index < -0.39 is 16.4 Å². The molecule has 104 valence electrons. The first-order chi connectivity index (χ1) is 7.51. The molecule has 7 heteroatoms. The van der Waals surface area contributed by atoms with Gasteiger partial charge in [0.05, 0.1) is 0 Å². The van der Waals surface area contributed by atoms with Crippen molar-refractivity contribution in [2.24, 2.45) is 0 Å². The highest BCUT2D eigenvalue weighted by atomic mass is 32.3. The van der Waals surface area contributed by atoms with Crippen molar-refractivity contribution < 1.29 is 21.9 Å². The molecule has 0 atom stereocenters. The van der Waals surface area contributed by atoms with Crippen LogP contribution in [0.15, 0.2) is 0 Å². The van der Waals surface area contributed by atoms with Crippen molar-refractivity contribution in [2.75, 3.05) is 6.54 Å². The Kier molecular flexibility index (Phi) is 9.28. The van der Waals surface area contributed by atoms with Gasteiger partial charge in [0.25, 0.3) is 0 Å². The molecule has 0 heterocycles. The van der Waals surface area contributed by atoms with Crippen molar-refractivity contribution in [1.29, 1.82) is 0 Å². The minimum Gasteiger partial charge on any atom is -0.325 e. The molecule has 0 bridgehead atoms. The van der Waals surface area contributed by atoms with Crippen LogP contribution in [-0.2, 0) is 19.4 Å². The van der Waals surface area contributed by atoms with Gasteiger partial charge in [-0.1, -0.05) is 6.92 Å². The standard InChI is InChI=1S/C8H19N.C2H4O5S/c1-6-9(7(2)3)8(4)5;1-2(3)7-8(4,5)6/h7-8H,6H2,1-5H3;1H3,(H,4,5,6). The SMILES string of the molecule is CC(=O)OS(=O)(=O)O.CCN(C(C)C)C(C)C. The highest BCUT2D eigenvalue weighted by Crippen LogP contribution is 2.02. The molecule has 0 aliphatic heterocycles. The first-order valence-corrected chi connectivity index (χ1v) is 6.81. The molecular formula is C10H23NO5S. The zero-order valence-corrected chi connectivity index (χ0v) is 12.1. The average molecular weight is 269 g/mol. The molecule has 0 aromatic rings. The van der Waals surface area contributed by atoms with Crippen LogP contribution in [0, 0.1) is 0 Å². The molecule has 0 aromatic carbocycles. The number of hydrogen-bond donors (Lipinski definition) is 1. The lowest BCUT2D eigenvalue weighted by Gasteiger charge is -2.28. The van der Waals surface area contributed by atoms with E-state index in [0.29, 0.717) is 12.1 Å². The first-order valence-electron chi connectivity index (χ1n) is 5.44. The predicted octanol–water partition coefficient (Wildman–Crippen LogP) is 1.48. The lowest BCUT2D eigenvalue weighted by Crippen LogP contribution is -2.36. The number of hydrogen-bond acceptors (Lipinski definition) is 5. The van der Waals surface area contributed by atoms with Crippen LogP contribution in [0.25, 0.3) is 0 Å². The summed E-state index contributed by atoms with van der Waals surface area (Å²) in [4.78, 5) is 12.2. The molecule has 0 aliphatic rings. The molecular weight excluding hydrogens is 246 g/mol. The van der Waals surface area contributed by atoms with E-state index in [1.807, 2.05) is 0 Å². The molecule has 0 amide bonds. The maximum absolute atomic E-state index is 9.70. The smallest absolute Gasteiger partial charge is 0.325 e. The van der Waals surface area contributed by atoms with Gasteiger partial charge in [-0.15, -0.1) is 0 Å². The third kappa shape index (κ3) is 13.3. The van der Waals surface area contributed by atoms with E-state index in [-0.39, 0.29) is 0 Å². The third-order valence-corrected chi connectivity index (χ3v) is 2.36. The van der Waals surface area contributed by atoms with Gasteiger partial charge >= 0.3 is 16.4 Å². The summed E-state index contributed by atoms with van der Waals surface area (Å²) in [6.07, 6.45) is 0. The van der Waals surface area contributed by atoms with E-state index in [2.05, 4.69) is 43.7 Å². The lowest BCUT2D eigenvalue weighted by molar-refractivity contribution is -0.131. The quantitative estimate of drug-likeness (QED) is 0.778. The Balaban J connectivity index is 0. The van der Waals surface area contributed by atoms with Crippen molar-refractivity contribution in [1.82, 2.24) is 4.90 Å². The lowest BCUT2D eigenvalue weighted by atomic mass is 10.2. The maximum Gasteiger partial charge on any atom is 0.448 e. The van der Waals surface area contributed by atoms with Gasteiger partial charge < -0.3 is 4.18 Å². The van der Waals surface area contributed by atoms with Crippen LogP contribution in [0.3, 0.4) is 0 Å². The Bertz CT molecular complexity index is 303. The van der Waals surface area contributed by atoms with Crippen LogP contribution in [0.2, 0.25) is 0 Å². The Morgan fingerprint density at radius 2 is 1.59 bits per heavy atom. The van der Waals surface area contributed by atoms with Gasteiger partial charge in [-0.25, -0.2) is 0 Å². The summed E-state index contributed by atoms with van der Waals surface area (Å²) in [5.74, 6) is -1.06. The molecule has 0 saturated carbocycles. The van der Waals surface area contributed by atoms with Gasteiger partial charge in [0.15, 0.2) is 0 Å². The van der Waals surface area contributed by atoms with E-state index in [4.69, 9.17) is 4.55 Å². The van der Waals surface area contributed by atoms with Crippen molar-refractivity contribution >= 4 is 16.4 Å². The predicted molar refractivity (Wildman–Crippen MR) is 66.0 cm³/mol. The van der Waals surface area contributed by atoms with Gasteiger partial charge in [0.2, 0.25) is 0 Å². The summed E-state index contributed by atoms with van der Waals surface area (Å²) in [7, 11) is -4.57. The fourth-order valence-electron chi connectivity index (χ4n) is 1.47. The van der Waals surface area contributed by atoms with Gasteiger partial charge in [0.1, 0.15) is 0 Å². The second-order valence-electron chi connectivity index (χ2n) is 4.02. The highest BCUT2D eigenvalue weighted by molar-refractivity contribution is 7.81. The van der Waals surface area contributed by atoms with E-state index in [1.54, 1.807) is 0 Å². The molecule has 0 radical (unpaired) electrons. The Hall–Kier alpha value is -0.660. The van der Waals surface area contributed by atoms with Crippen molar-refractivity contribution in [3.05, 3.63) is 0 Å². The Morgan fingerprint density at radius 3 is 1.59 bits per heavy atom. The van der Waals surface area contributed by atoms with Crippen molar-refractivity contribution in [3.63, 3.8) is 0 Å². The van der Waals surface area contributed by atoms with E-state index in [9.17, 15) is 13.2 Å². The van der Waals surface area contributed by atoms with Gasteiger partial charge in [-0.3, -0.25) is 14.2 Å². The topological polar surface area (TPSA) is 83.9 Å². The number of nitrogens with zero attached hydrogens (tertiary/aromatic N) is 1. The molecule has 17 heavy (non-hydrogen) atoms. The van der Waals surface area contributed by atoms with Crippen molar-refractivity contribution in [2.45, 2.75) is 53.6 Å². The van der Waals surface area contributed by atoms with Crippen LogP contribution in [0.1, 0.15) is 41.5 Å². The molecule has 0 aliphatic carbocycles. The second-order valence-corrected chi connectivity index (χ2v) is 5.04. The Labute approximate surface area is 104 Å². The zero-order chi connectivity index (χ0) is 14.2. The van der Waals surface area contributed by atoms with Gasteiger partial charge in [-0.2, -0.15) is 8.42 Å². The van der Waals surface area contributed by atoms with Gasteiger partial charge in [0, 0.05) is 19.0 Å². The minimum atomic E-state index is -4.57. The van der Waals surface area contributed by atoms with E-state index >= 15 is 0 Å². The first kappa shape index (κ1) is 18.7. The third-order valence-electron chi connectivity index (χ3n) is 1.91. The number of carbonyl (C=O) groups is 1. The summed E-state index contributed by atoms with van der Waals surface area (Å²) in [5, 5.41) is 0. The summed E-state index contributed by atoms with van der Waals surface area (Å²) in [6, 6.07) is 1.38. The Morgan fingerprint density at radius 1 is 1.24 bits per heavy atom. The molecule has 6 nitrogen and oxygen atoms in total. The summed E-state index contributed by atoms with van der Waals surface area (Å²) < 4.78 is 30.2. The highest BCUT2D eigenvalue weighted by Gasteiger charge is 2.09. The molecule has 0 spiro atoms. The van der Waals surface area contributed by atoms with Crippen LogP contribution in [0.5, 0.6) is 0 Å². The van der Waals surface area contributed by atoms with Gasteiger partial charge in [-0.05, 0) is 34.2 Å². The largest absolute Gasteiger partial charge is 0.448 e. The van der Waals surface area contributed by atoms with Crippen LogP contribution >= 0.6 is 0 Å². The summed E-state index contributed by atoms with van der Waals surface area (Å²) >= 11 is 0. The molecule has 0 rings (SSSR count). The normalized spacial score (nSPS) is 11.4. The fraction of sp³-hybridized carbons (Fsp3) is 0.900. The summed E-state index contributed by atoms with van der Waals surface area (Å²) in [6.45, 7) is 13.2. The molecule has 0 aromatic heterocycles. The number of carbonyl (C=O) groups excluding carboxylic acids is 1. The average Bonchev–Trinajstić information content (AvgIpc) is 1.98. The number of rotatable bonds is 4. The van der Waals surface area contributed by atoms with E-state index in [0.717, 1.165) is 13.5 Å². The van der Waals surface area contributed by atoms with Crippen molar-refractivity contribution in [3.8, 4) is 0 Å². The zero-order valence-electron chi connectivity index (χ0n) is 11.3. The second kappa shape index (κ2) is 8.43. The monoisotopic (exact) mass is 269 g/mol.